The number of amides is 1. The third-order valence-electron chi connectivity index (χ3n) is 5.18. The predicted octanol–water partition coefficient (Wildman–Crippen LogP) is 3.32. The van der Waals surface area contributed by atoms with E-state index in [1.165, 1.54) is 24.5 Å². The zero-order valence-electron chi connectivity index (χ0n) is 17.1. The fraction of sp³-hybridized carbons (Fsp3) is 0.273. The summed E-state index contributed by atoms with van der Waals surface area (Å²) in [5, 5.41) is 2.39. The molecule has 0 atom stereocenters. The molecule has 166 valence electrons. The Bertz CT molecular complexity index is 1070. The zero-order valence-corrected chi connectivity index (χ0v) is 17.1. The minimum Gasteiger partial charge on any atom is -0.354 e. The highest BCUT2D eigenvalue weighted by atomic mass is 19.4. The van der Waals surface area contributed by atoms with E-state index >= 15 is 0 Å². The number of para-hydroxylation sites is 1. The molecule has 0 radical (unpaired) electrons. The number of nitrogens with one attached hydrogen (secondary N) is 1. The van der Waals surface area contributed by atoms with Gasteiger partial charge in [-0.1, -0.05) is 12.1 Å². The Kier molecular flexibility index (Phi) is 6.31. The minimum absolute atomic E-state index is 0.0186. The average molecular weight is 442 g/mol. The number of benzene rings is 1. The van der Waals surface area contributed by atoms with Crippen LogP contribution in [0.2, 0.25) is 0 Å². The van der Waals surface area contributed by atoms with E-state index in [2.05, 4.69) is 25.2 Å². The van der Waals surface area contributed by atoms with Crippen molar-refractivity contribution in [3.8, 4) is 11.3 Å². The smallest absolute Gasteiger partial charge is 0.354 e. The van der Waals surface area contributed by atoms with Gasteiger partial charge in [-0.25, -0.2) is 9.97 Å². The van der Waals surface area contributed by atoms with E-state index in [-0.39, 0.29) is 12.2 Å². The molecule has 1 fully saturated rings. The van der Waals surface area contributed by atoms with Crippen LogP contribution in [-0.4, -0.2) is 58.5 Å². The molecule has 2 aromatic heterocycles. The highest BCUT2D eigenvalue weighted by Gasteiger charge is 2.33. The van der Waals surface area contributed by atoms with Gasteiger partial charge in [-0.05, 0) is 24.3 Å². The summed E-state index contributed by atoms with van der Waals surface area (Å²) < 4.78 is 39.4. The summed E-state index contributed by atoms with van der Waals surface area (Å²) in [6.07, 6.45) is 0.416. The average Bonchev–Trinajstić information content (AvgIpc) is 2.80. The largest absolute Gasteiger partial charge is 0.418 e. The number of aromatic nitrogens is 3. The van der Waals surface area contributed by atoms with Crippen molar-refractivity contribution < 1.29 is 18.0 Å². The van der Waals surface area contributed by atoms with Gasteiger partial charge in [0, 0.05) is 50.2 Å². The molecule has 0 unspecified atom stereocenters. The van der Waals surface area contributed by atoms with Crippen molar-refractivity contribution in [3.63, 3.8) is 0 Å². The maximum Gasteiger partial charge on any atom is 0.418 e. The normalized spacial score (nSPS) is 14.9. The fourth-order valence-corrected chi connectivity index (χ4v) is 3.56. The lowest BCUT2D eigenvalue weighted by Gasteiger charge is -2.35. The minimum atomic E-state index is -4.53. The monoisotopic (exact) mass is 442 g/mol. The summed E-state index contributed by atoms with van der Waals surface area (Å²) in [6.45, 7) is 2.46. The van der Waals surface area contributed by atoms with Gasteiger partial charge in [-0.3, -0.25) is 14.7 Å². The van der Waals surface area contributed by atoms with E-state index < -0.39 is 17.6 Å². The van der Waals surface area contributed by atoms with Gasteiger partial charge >= 0.3 is 6.18 Å². The molecule has 0 saturated carbocycles. The summed E-state index contributed by atoms with van der Waals surface area (Å²) in [7, 11) is 0. The number of carbonyl (C=O) groups excluding carboxylic acids is 1. The van der Waals surface area contributed by atoms with Crippen LogP contribution in [0.1, 0.15) is 5.56 Å². The number of alkyl halides is 3. The number of piperazine rings is 1. The number of hydrogen-bond acceptors (Lipinski definition) is 6. The number of carbonyl (C=O) groups is 1. The number of hydrogen-bond donors (Lipinski definition) is 1. The molecule has 3 heterocycles. The van der Waals surface area contributed by atoms with Crippen molar-refractivity contribution in [3.05, 3.63) is 66.7 Å². The lowest BCUT2D eigenvalue weighted by atomic mass is 10.1. The van der Waals surface area contributed by atoms with Crippen LogP contribution in [0.25, 0.3) is 11.3 Å². The highest BCUT2D eigenvalue weighted by molar-refractivity contribution is 5.93. The van der Waals surface area contributed by atoms with E-state index in [0.29, 0.717) is 26.2 Å². The van der Waals surface area contributed by atoms with Crippen LogP contribution in [0.3, 0.4) is 0 Å². The summed E-state index contributed by atoms with van der Waals surface area (Å²) in [5.74, 6) is 0.304. The number of nitrogens with zero attached hydrogens (tertiary/aromatic N) is 5. The van der Waals surface area contributed by atoms with Gasteiger partial charge in [0.15, 0.2) is 0 Å². The lowest BCUT2D eigenvalue weighted by molar-refractivity contribution is -0.137. The van der Waals surface area contributed by atoms with E-state index in [1.54, 1.807) is 12.4 Å². The molecule has 1 aromatic carbocycles. The molecule has 1 aliphatic heterocycles. The molecular formula is C22H21F3N6O. The Labute approximate surface area is 182 Å². The predicted molar refractivity (Wildman–Crippen MR) is 114 cm³/mol. The fourth-order valence-electron chi connectivity index (χ4n) is 3.56. The number of anilines is 2. The van der Waals surface area contributed by atoms with Crippen LogP contribution in [0, 0.1) is 0 Å². The van der Waals surface area contributed by atoms with Gasteiger partial charge in [-0.15, -0.1) is 0 Å². The van der Waals surface area contributed by atoms with Crippen LogP contribution in [0.5, 0.6) is 0 Å². The molecule has 1 aliphatic rings. The lowest BCUT2D eigenvalue weighted by Crippen LogP contribution is -2.49. The molecule has 1 amide bonds. The van der Waals surface area contributed by atoms with Gasteiger partial charge in [0.05, 0.1) is 23.5 Å². The number of pyridine rings is 1. The summed E-state index contributed by atoms with van der Waals surface area (Å²) in [6, 6.07) is 10.6. The maximum atomic E-state index is 13.1. The van der Waals surface area contributed by atoms with Crippen LogP contribution in [-0.2, 0) is 11.0 Å². The number of halogens is 3. The van der Waals surface area contributed by atoms with Crippen molar-refractivity contribution in [1.29, 1.82) is 0 Å². The molecule has 7 nitrogen and oxygen atoms in total. The molecular weight excluding hydrogens is 421 g/mol. The topological polar surface area (TPSA) is 74.2 Å². The standard InChI is InChI=1S/C22H21F3N6O/c23-22(24,25)17-5-1-2-6-18(17)29-21(32)14-30-8-10-31(11-9-30)20-12-19(27-15-28-20)16-4-3-7-26-13-16/h1-7,12-13,15H,8-11,14H2,(H,29,32). The Hall–Kier alpha value is -3.53. The van der Waals surface area contributed by atoms with Crippen molar-refractivity contribution in [1.82, 2.24) is 19.9 Å². The van der Waals surface area contributed by atoms with Crippen molar-refractivity contribution in [2.75, 3.05) is 42.9 Å². The Balaban J connectivity index is 1.34. The molecule has 0 aliphatic carbocycles. The third-order valence-corrected chi connectivity index (χ3v) is 5.18. The van der Waals surface area contributed by atoms with Crippen molar-refractivity contribution >= 4 is 17.4 Å². The van der Waals surface area contributed by atoms with E-state index in [1.807, 2.05) is 23.1 Å². The Morgan fingerprint density at radius 2 is 1.81 bits per heavy atom. The molecule has 1 N–H and O–H groups in total. The first kappa shape index (κ1) is 21.7. The highest BCUT2D eigenvalue weighted by Crippen LogP contribution is 2.34. The molecule has 0 bridgehead atoms. The van der Waals surface area contributed by atoms with Crippen LogP contribution >= 0.6 is 0 Å². The van der Waals surface area contributed by atoms with E-state index in [0.717, 1.165) is 23.1 Å². The van der Waals surface area contributed by atoms with Crippen LogP contribution < -0.4 is 10.2 Å². The summed E-state index contributed by atoms with van der Waals surface area (Å²) in [4.78, 5) is 29.1. The van der Waals surface area contributed by atoms with Crippen LogP contribution in [0.15, 0.2) is 61.2 Å². The molecule has 0 spiro atoms. The third kappa shape index (κ3) is 5.20. The summed E-state index contributed by atoms with van der Waals surface area (Å²) >= 11 is 0. The van der Waals surface area contributed by atoms with Gasteiger partial charge in [0.25, 0.3) is 0 Å². The second-order valence-electron chi connectivity index (χ2n) is 7.36. The first-order valence-electron chi connectivity index (χ1n) is 10.1. The molecule has 10 heteroatoms. The molecule has 3 aromatic rings. The zero-order chi connectivity index (χ0) is 22.6. The van der Waals surface area contributed by atoms with Gasteiger partial charge in [-0.2, -0.15) is 13.2 Å². The first-order valence-corrected chi connectivity index (χ1v) is 10.1. The van der Waals surface area contributed by atoms with Crippen molar-refractivity contribution in [2.45, 2.75) is 6.18 Å². The van der Waals surface area contributed by atoms with Crippen molar-refractivity contribution in [2.24, 2.45) is 0 Å². The first-order chi connectivity index (χ1) is 15.4. The second-order valence-corrected chi connectivity index (χ2v) is 7.36. The SMILES string of the molecule is O=C(CN1CCN(c2cc(-c3cccnc3)ncn2)CC1)Nc1ccccc1C(F)(F)F. The van der Waals surface area contributed by atoms with E-state index in [9.17, 15) is 18.0 Å². The van der Waals surface area contributed by atoms with Gasteiger partial charge in [0.2, 0.25) is 5.91 Å². The molecule has 4 rings (SSSR count). The second kappa shape index (κ2) is 9.31. The Morgan fingerprint density at radius 3 is 2.53 bits per heavy atom. The molecule has 1 saturated heterocycles. The van der Waals surface area contributed by atoms with Crippen LogP contribution in [0.4, 0.5) is 24.7 Å². The van der Waals surface area contributed by atoms with Gasteiger partial charge in [0.1, 0.15) is 12.1 Å². The summed E-state index contributed by atoms with van der Waals surface area (Å²) in [5.41, 5.74) is 0.581. The van der Waals surface area contributed by atoms with Gasteiger partial charge < -0.3 is 10.2 Å². The number of rotatable bonds is 5. The molecule has 32 heavy (non-hydrogen) atoms. The van der Waals surface area contributed by atoms with E-state index in [4.69, 9.17) is 0 Å². The Morgan fingerprint density at radius 1 is 1.03 bits per heavy atom. The maximum absolute atomic E-state index is 13.1. The quantitative estimate of drug-likeness (QED) is 0.654.